The number of esters is 1. The maximum absolute atomic E-state index is 12.3. The molecule has 2 aromatic rings. The lowest BCUT2D eigenvalue weighted by Gasteiger charge is -2.18. The van der Waals surface area contributed by atoms with Crippen molar-refractivity contribution in [2.24, 2.45) is 5.92 Å². The molecule has 0 N–H and O–H groups in total. The highest BCUT2D eigenvalue weighted by molar-refractivity contribution is 6.31. The fraction of sp³-hybridized carbons (Fsp3) is 0.350. The normalized spacial score (nSPS) is 21.0. The number of carbonyl (C=O) groups excluding carboxylic acids is 1. The molecule has 2 unspecified atom stereocenters. The van der Waals surface area contributed by atoms with Gasteiger partial charge in [-0.05, 0) is 29.7 Å². The van der Waals surface area contributed by atoms with Gasteiger partial charge >= 0.3 is 5.97 Å². The lowest BCUT2D eigenvalue weighted by atomic mass is 9.88. The third kappa shape index (κ3) is 3.63. The Hall–Kier alpha value is -1.84. The van der Waals surface area contributed by atoms with Crippen molar-refractivity contribution < 1.29 is 9.53 Å². The van der Waals surface area contributed by atoms with Crippen molar-refractivity contribution in [1.82, 2.24) is 4.90 Å². The smallest absolute Gasteiger partial charge is 0.310 e. The molecule has 1 saturated heterocycles. The summed E-state index contributed by atoms with van der Waals surface area (Å²) in [5.41, 5.74) is 3.41. The van der Waals surface area contributed by atoms with Crippen LogP contribution in [0.4, 0.5) is 0 Å². The van der Waals surface area contributed by atoms with Gasteiger partial charge in [-0.2, -0.15) is 0 Å². The molecular weight excluding hydrogens is 322 g/mol. The largest absolute Gasteiger partial charge is 0.469 e. The average Bonchev–Trinajstić information content (AvgIpc) is 2.98. The van der Waals surface area contributed by atoms with Crippen LogP contribution < -0.4 is 0 Å². The van der Waals surface area contributed by atoms with Crippen LogP contribution in [0.5, 0.6) is 0 Å². The second kappa shape index (κ2) is 7.37. The summed E-state index contributed by atoms with van der Waals surface area (Å²) in [7, 11) is 1.45. The average molecular weight is 344 g/mol. The third-order valence-electron chi connectivity index (χ3n) is 4.70. The maximum atomic E-state index is 12.3. The van der Waals surface area contributed by atoms with Crippen molar-refractivity contribution >= 4 is 17.6 Å². The molecule has 3 rings (SSSR count). The summed E-state index contributed by atoms with van der Waals surface area (Å²) in [6.45, 7) is 4.34. The minimum absolute atomic E-state index is 0.0641. The van der Waals surface area contributed by atoms with Gasteiger partial charge in [-0.3, -0.25) is 9.69 Å². The molecule has 2 atom stereocenters. The van der Waals surface area contributed by atoms with Gasteiger partial charge in [-0.15, -0.1) is 0 Å². The van der Waals surface area contributed by atoms with E-state index in [1.54, 1.807) is 0 Å². The van der Waals surface area contributed by atoms with Crippen molar-refractivity contribution in [1.29, 1.82) is 0 Å². The number of hydrogen-bond acceptors (Lipinski definition) is 3. The van der Waals surface area contributed by atoms with Crippen LogP contribution in [0, 0.1) is 12.8 Å². The summed E-state index contributed by atoms with van der Waals surface area (Å²) >= 11 is 6.46. The standard InChI is InChI=1S/C20H22ClNO2/c1-14-8-9-16(19(21)10-14)17-12-22(13-18(17)20(23)24-2)11-15-6-4-3-5-7-15/h3-10,17-18H,11-13H2,1-2H3. The summed E-state index contributed by atoms with van der Waals surface area (Å²) in [6, 6.07) is 16.4. The van der Waals surface area contributed by atoms with Crippen LogP contribution >= 0.6 is 11.6 Å². The van der Waals surface area contributed by atoms with Crippen molar-refractivity contribution in [3.63, 3.8) is 0 Å². The summed E-state index contributed by atoms with van der Waals surface area (Å²) in [5.74, 6) is -0.277. The van der Waals surface area contributed by atoms with Gasteiger partial charge < -0.3 is 4.74 Å². The molecule has 0 spiro atoms. The number of ether oxygens (including phenoxy) is 1. The van der Waals surface area contributed by atoms with Crippen LogP contribution in [0.25, 0.3) is 0 Å². The van der Waals surface area contributed by atoms with E-state index in [0.29, 0.717) is 6.54 Å². The molecule has 3 nitrogen and oxygen atoms in total. The number of aryl methyl sites for hydroxylation is 1. The van der Waals surface area contributed by atoms with Gasteiger partial charge in [0.15, 0.2) is 0 Å². The first kappa shape index (κ1) is 17.0. The molecule has 1 aliphatic heterocycles. The molecule has 1 aliphatic rings. The van der Waals surface area contributed by atoms with Crippen LogP contribution in [-0.4, -0.2) is 31.1 Å². The van der Waals surface area contributed by atoms with Crippen molar-refractivity contribution in [2.45, 2.75) is 19.4 Å². The lowest BCUT2D eigenvalue weighted by Crippen LogP contribution is -2.24. The zero-order chi connectivity index (χ0) is 17.1. The highest BCUT2D eigenvalue weighted by Crippen LogP contribution is 2.37. The van der Waals surface area contributed by atoms with E-state index >= 15 is 0 Å². The number of methoxy groups -OCH3 is 1. The van der Waals surface area contributed by atoms with E-state index in [4.69, 9.17) is 16.3 Å². The van der Waals surface area contributed by atoms with Crippen LogP contribution in [0.3, 0.4) is 0 Å². The number of benzene rings is 2. The first-order valence-electron chi connectivity index (χ1n) is 8.18. The van der Waals surface area contributed by atoms with E-state index in [0.717, 1.165) is 29.2 Å². The molecule has 0 aliphatic carbocycles. The van der Waals surface area contributed by atoms with Gasteiger partial charge in [-0.1, -0.05) is 54.1 Å². The second-order valence-electron chi connectivity index (χ2n) is 6.44. The van der Waals surface area contributed by atoms with E-state index in [1.807, 2.05) is 37.3 Å². The van der Waals surface area contributed by atoms with Crippen LogP contribution in [0.2, 0.25) is 5.02 Å². The quantitative estimate of drug-likeness (QED) is 0.785. The van der Waals surface area contributed by atoms with Crippen LogP contribution in [0.15, 0.2) is 48.5 Å². The molecule has 0 radical (unpaired) electrons. The molecule has 0 aromatic heterocycles. The maximum Gasteiger partial charge on any atom is 0.310 e. The Morgan fingerprint density at radius 1 is 1.21 bits per heavy atom. The topological polar surface area (TPSA) is 29.5 Å². The number of hydrogen-bond donors (Lipinski definition) is 0. The zero-order valence-electron chi connectivity index (χ0n) is 14.0. The van der Waals surface area contributed by atoms with E-state index < -0.39 is 0 Å². The van der Waals surface area contributed by atoms with E-state index in [9.17, 15) is 4.79 Å². The number of likely N-dealkylation sites (tertiary alicyclic amines) is 1. The third-order valence-corrected chi connectivity index (χ3v) is 5.03. The van der Waals surface area contributed by atoms with Gasteiger partial charge in [0.25, 0.3) is 0 Å². The zero-order valence-corrected chi connectivity index (χ0v) is 14.8. The molecule has 0 saturated carbocycles. The Bertz CT molecular complexity index is 717. The predicted molar refractivity (Wildman–Crippen MR) is 96.2 cm³/mol. The minimum Gasteiger partial charge on any atom is -0.469 e. The van der Waals surface area contributed by atoms with Crippen molar-refractivity contribution in [3.05, 3.63) is 70.2 Å². The number of halogens is 1. The van der Waals surface area contributed by atoms with Gasteiger partial charge in [0.1, 0.15) is 0 Å². The van der Waals surface area contributed by atoms with Crippen LogP contribution in [-0.2, 0) is 16.1 Å². The molecule has 0 bridgehead atoms. The number of carbonyl (C=O) groups is 1. The SMILES string of the molecule is COC(=O)C1CN(Cc2ccccc2)CC1c1ccc(C)cc1Cl. The summed E-state index contributed by atoms with van der Waals surface area (Å²) in [6.07, 6.45) is 0. The van der Waals surface area contributed by atoms with Crippen molar-refractivity contribution in [2.75, 3.05) is 20.2 Å². The van der Waals surface area contributed by atoms with E-state index in [2.05, 4.69) is 23.1 Å². The minimum atomic E-state index is -0.182. The molecule has 4 heteroatoms. The second-order valence-corrected chi connectivity index (χ2v) is 6.85. The van der Waals surface area contributed by atoms with Gasteiger partial charge in [-0.25, -0.2) is 0 Å². The molecule has 126 valence electrons. The highest BCUT2D eigenvalue weighted by Gasteiger charge is 2.39. The molecule has 1 fully saturated rings. The first-order valence-corrected chi connectivity index (χ1v) is 8.56. The first-order chi connectivity index (χ1) is 11.6. The van der Waals surface area contributed by atoms with Crippen LogP contribution in [0.1, 0.15) is 22.6 Å². The molecule has 2 aromatic carbocycles. The number of nitrogens with zero attached hydrogens (tertiary/aromatic N) is 1. The summed E-state index contributed by atoms with van der Waals surface area (Å²) in [4.78, 5) is 14.6. The Kier molecular flexibility index (Phi) is 5.22. The molecule has 0 amide bonds. The number of rotatable bonds is 4. The fourth-order valence-electron chi connectivity index (χ4n) is 3.49. The van der Waals surface area contributed by atoms with Gasteiger partial charge in [0.05, 0.1) is 13.0 Å². The highest BCUT2D eigenvalue weighted by atomic mass is 35.5. The molecular formula is C20H22ClNO2. The Labute approximate surface area is 148 Å². The Balaban J connectivity index is 1.84. The monoisotopic (exact) mass is 343 g/mol. The summed E-state index contributed by atoms with van der Waals surface area (Å²) < 4.78 is 5.04. The van der Waals surface area contributed by atoms with Gasteiger partial charge in [0, 0.05) is 30.6 Å². The van der Waals surface area contributed by atoms with Crippen molar-refractivity contribution in [3.8, 4) is 0 Å². The van der Waals surface area contributed by atoms with E-state index in [1.165, 1.54) is 12.7 Å². The molecule has 24 heavy (non-hydrogen) atoms. The molecule has 1 heterocycles. The predicted octanol–water partition coefficient (Wildman–Crippen LogP) is 4.04. The Morgan fingerprint density at radius 2 is 1.96 bits per heavy atom. The van der Waals surface area contributed by atoms with Gasteiger partial charge in [0.2, 0.25) is 0 Å². The lowest BCUT2D eigenvalue weighted by molar-refractivity contribution is -0.145. The Morgan fingerprint density at radius 3 is 2.62 bits per heavy atom. The summed E-state index contributed by atoms with van der Waals surface area (Å²) in [5, 5.41) is 0.732. The fourth-order valence-corrected chi connectivity index (χ4v) is 3.87. The van der Waals surface area contributed by atoms with E-state index in [-0.39, 0.29) is 17.8 Å².